The van der Waals surface area contributed by atoms with Gasteiger partial charge < -0.3 is 5.32 Å². The van der Waals surface area contributed by atoms with Crippen molar-refractivity contribution in [3.05, 3.63) is 97.1 Å². The number of anilines is 1. The van der Waals surface area contributed by atoms with Crippen LogP contribution in [0.5, 0.6) is 0 Å². The Kier molecular flexibility index (Phi) is 4.91. The minimum Gasteiger partial charge on any atom is -0.328 e. The average molecular weight is 402 g/mol. The number of benzene rings is 4. The van der Waals surface area contributed by atoms with Crippen LogP contribution in [0, 0.1) is 0 Å². The summed E-state index contributed by atoms with van der Waals surface area (Å²) in [5, 5.41) is 4.65. The lowest BCUT2D eigenvalue weighted by Gasteiger charge is -2.12. The van der Waals surface area contributed by atoms with Gasteiger partial charge in [-0.15, -0.1) is 0 Å². The van der Waals surface area contributed by atoms with Crippen molar-refractivity contribution in [2.75, 3.05) is 5.32 Å². The van der Waals surface area contributed by atoms with Gasteiger partial charge in [-0.3, -0.25) is 4.79 Å². The Bertz CT molecular complexity index is 1310. The summed E-state index contributed by atoms with van der Waals surface area (Å²) in [6.07, 6.45) is 0.686. The number of rotatable bonds is 5. The second-order valence-corrected chi connectivity index (χ2v) is 7.01. The molecule has 5 nitrogen and oxygen atoms in total. The second-order valence-electron chi connectivity index (χ2n) is 7.01. The summed E-state index contributed by atoms with van der Waals surface area (Å²) >= 11 is 0. The zero-order valence-electron chi connectivity index (χ0n) is 16.6. The van der Waals surface area contributed by atoms with Gasteiger partial charge in [0, 0.05) is 27.8 Å². The Morgan fingerprint density at radius 1 is 0.548 bits per heavy atom. The average Bonchev–Trinajstić information content (AvgIpc) is 2.85. The predicted molar refractivity (Wildman–Crippen MR) is 123 cm³/mol. The molecule has 0 spiro atoms. The minimum atomic E-state index is 0.585. The molecule has 5 rings (SSSR count). The van der Waals surface area contributed by atoms with Gasteiger partial charge in [0.1, 0.15) is 0 Å². The molecule has 0 saturated carbocycles. The molecule has 0 radical (unpaired) electrons. The van der Waals surface area contributed by atoms with Crippen LogP contribution in [0.4, 0.5) is 5.69 Å². The third kappa shape index (κ3) is 3.65. The molecular weight excluding hydrogens is 384 g/mol. The number of nitrogens with one attached hydrogen (secondary N) is 1. The first-order chi connectivity index (χ1) is 15.3. The van der Waals surface area contributed by atoms with Gasteiger partial charge in [-0.25, -0.2) is 15.0 Å². The first-order valence-electron chi connectivity index (χ1n) is 9.93. The number of fused-ring (bicyclic) bond motifs is 1. The lowest BCUT2D eigenvalue weighted by molar-refractivity contribution is -0.105. The second kappa shape index (κ2) is 8.16. The molecule has 0 aliphatic carbocycles. The molecule has 0 unspecified atom stereocenters. The Morgan fingerprint density at radius 3 is 1.65 bits per heavy atom. The lowest BCUT2D eigenvalue weighted by Crippen LogP contribution is -2.01. The van der Waals surface area contributed by atoms with Crippen molar-refractivity contribution in [1.29, 1.82) is 0 Å². The van der Waals surface area contributed by atoms with E-state index in [1.807, 2.05) is 97.1 Å². The quantitative estimate of drug-likeness (QED) is 0.389. The first kappa shape index (κ1) is 18.6. The number of hydrogen-bond acceptors (Lipinski definition) is 4. The van der Waals surface area contributed by atoms with Gasteiger partial charge in [0.05, 0.1) is 0 Å². The highest BCUT2D eigenvalue weighted by Gasteiger charge is 2.15. The summed E-state index contributed by atoms with van der Waals surface area (Å²) in [5.74, 6) is 1.81. The maximum Gasteiger partial charge on any atom is 0.211 e. The van der Waals surface area contributed by atoms with Gasteiger partial charge in [-0.1, -0.05) is 84.9 Å². The number of carbonyl (C=O) groups excluding carboxylic acids is 1. The Balaban J connectivity index is 1.76. The van der Waals surface area contributed by atoms with E-state index in [0.29, 0.717) is 23.9 Å². The maximum absolute atomic E-state index is 11.0. The fraction of sp³-hybridized carbons (Fsp3) is 0. The van der Waals surface area contributed by atoms with Gasteiger partial charge in [0.15, 0.2) is 17.5 Å². The molecule has 0 bridgehead atoms. The van der Waals surface area contributed by atoms with Crippen LogP contribution in [0.25, 0.3) is 44.9 Å². The smallest absolute Gasteiger partial charge is 0.211 e. The molecule has 1 aromatic heterocycles. The first-order valence-corrected chi connectivity index (χ1v) is 9.93. The van der Waals surface area contributed by atoms with Crippen LogP contribution < -0.4 is 5.32 Å². The standard InChI is InChI=1S/C26H18N4O/c31-17-27-23-16-15-22(20-13-7-8-14-21(20)23)26-29-24(18-9-3-1-4-10-18)28-25(30-26)19-11-5-2-6-12-19/h1-17H,(H,27,31). The summed E-state index contributed by atoms with van der Waals surface area (Å²) in [5.41, 5.74) is 3.47. The Hall–Kier alpha value is -4.38. The number of amides is 1. The highest BCUT2D eigenvalue weighted by molar-refractivity contribution is 6.04. The molecule has 5 heteroatoms. The molecule has 0 fully saturated rings. The summed E-state index contributed by atoms with van der Waals surface area (Å²) in [6.45, 7) is 0. The predicted octanol–water partition coefficient (Wildman–Crippen LogP) is 5.59. The zero-order chi connectivity index (χ0) is 21.0. The fourth-order valence-corrected chi connectivity index (χ4v) is 3.61. The van der Waals surface area contributed by atoms with E-state index >= 15 is 0 Å². The van der Waals surface area contributed by atoms with E-state index in [0.717, 1.165) is 33.2 Å². The van der Waals surface area contributed by atoms with E-state index in [1.165, 1.54) is 0 Å². The number of hydrogen-bond donors (Lipinski definition) is 1. The molecule has 0 aliphatic heterocycles. The van der Waals surface area contributed by atoms with Gasteiger partial charge in [0.2, 0.25) is 6.41 Å². The van der Waals surface area contributed by atoms with Crippen LogP contribution in [0.1, 0.15) is 0 Å². The third-order valence-electron chi connectivity index (χ3n) is 5.08. The van der Waals surface area contributed by atoms with Crippen molar-refractivity contribution in [3.63, 3.8) is 0 Å². The molecule has 0 saturated heterocycles. The molecule has 1 heterocycles. The summed E-state index contributed by atoms with van der Waals surface area (Å²) in [7, 11) is 0. The van der Waals surface area contributed by atoms with Crippen molar-refractivity contribution >= 4 is 22.9 Å². The summed E-state index contributed by atoms with van der Waals surface area (Å²) < 4.78 is 0. The zero-order valence-corrected chi connectivity index (χ0v) is 16.6. The lowest BCUT2D eigenvalue weighted by atomic mass is 10.0. The molecule has 5 aromatic rings. The van der Waals surface area contributed by atoms with E-state index in [4.69, 9.17) is 15.0 Å². The van der Waals surface area contributed by atoms with Crippen LogP contribution in [0.2, 0.25) is 0 Å². The molecule has 4 aromatic carbocycles. The minimum absolute atomic E-state index is 0.585. The molecular formula is C26H18N4O. The summed E-state index contributed by atoms with van der Waals surface area (Å²) in [6, 6.07) is 31.5. The highest BCUT2D eigenvalue weighted by atomic mass is 16.1. The number of carbonyl (C=O) groups is 1. The van der Waals surface area contributed by atoms with E-state index < -0.39 is 0 Å². The van der Waals surface area contributed by atoms with Gasteiger partial charge >= 0.3 is 0 Å². The number of nitrogens with zero attached hydrogens (tertiary/aromatic N) is 3. The van der Waals surface area contributed by atoms with E-state index in [2.05, 4.69) is 5.32 Å². The largest absolute Gasteiger partial charge is 0.328 e. The normalized spacial score (nSPS) is 10.7. The van der Waals surface area contributed by atoms with E-state index in [1.54, 1.807) is 0 Å². The van der Waals surface area contributed by atoms with Crippen molar-refractivity contribution < 1.29 is 4.79 Å². The van der Waals surface area contributed by atoms with E-state index in [-0.39, 0.29) is 0 Å². The van der Waals surface area contributed by atoms with Gasteiger partial charge in [-0.2, -0.15) is 0 Å². The maximum atomic E-state index is 11.0. The molecule has 31 heavy (non-hydrogen) atoms. The summed E-state index contributed by atoms with van der Waals surface area (Å²) in [4.78, 5) is 25.4. The van der Waals surface area contributed by atoms with Crippen LogP contribution in [-0.2, 0) is 4.79 Å². The Morgan fingerprint density at radius 2 is 1.06 bits per heavy atom. The van der Waals surface area contributed by atoms with Crippen LogP contribution >= 0.6 is 0 Å². The van der Waals surface area contributed by atoms with Crippen LogP contribution in [0.15, 0.2) is 97.1 Å². The highest BCUT2D eigenvalue weighted by Crippen LogP contribution is 2.33. The fourth-order valence-electron chi connectivity index (χ4n) is 3.61. The number of aromatic nitrogens is 3. The molecule has 1 amide bonds. The van der Waals surface area contributed by atoms with Crippen molar-refractivity contribution in [3.8, 4) is 34.2 Å². The SMILES string of the molecule is O=CNc1ccc(-c2nc(-c3ccccc3)nc(-c3ccccc3)n2)c2ccccc12. The third-order valence-corrected chi connectivity index (χ3v) is 5.08. The van der Waals surface area contributed by atoms with Gasteiger partial charge in [0.25, 0.3) is 0 Å². The van der Waals surface area contributed by atoms with Crippen molar-refractivity contribution in [2.24, 2.45) is 0 Å². The Labute approximate surface area is 179 Å². The van der Waals surface area contributed by atoms with Crippen molar-refractivity contribution in [2.45, 2.75) is 0 Å². The molecule has 1 N–H and O–H groups in total. The monoisotopic (exact) mass is 402 g/mol. The molecule has 0 atom stereocenters. The molecule has 148 valence electrons. The molecule has 0 aliphatic rings. The van der Waals surface area contributed by atoms with Gasteiger partial charge in [-0.05, 0) is 17.5 Å². The van der Waals surface area contributed by atoms with Crippen LogP contribution in [0.3, 0.4) is 0 Å². The van der Waals surface area contributed by atoms with Crippen LogP contribution in [-0.4, -0.2) is 21.4 Å². The van der Waals surface area contributed by atoms with Crippen molar-refractivity contribution in [1.82, 2.24) is 15.0 Å². The topological polar surface area (TPSA) is 67.8 Å². The van der Waals surface area contributed by atoms with E-state index in [9.17, 15) is 4.79 Å².